The minimum atomic E-state index is 0.126. The number of piperidine rings is 1. The molecule has 0 saturated carbocycles. The number of carbonyl (C=O) groups is 1. The second kappa shape index (κ2) is 7.96. The Morgan fingerprint density at radius 3 is 2.65 bits per heavy atom. The molecular formula is C15H29N3O2. The van der Waals surface area contributed by atoms with Crippen LogP contribution in [0.15, 0.2) is 0 Å². The standard InChI is InChI=1S/C15H29N3O2/c1-3-7-18(11-15(19)16-6-8-20-2)14-9-12-4-5-13(10-14)17-12/h12-14,17H,3-11H2,1-2H3,(H,16,19). The Labute approximate surface area is 122 Å². The number of carbonyl (C=O) groups excluding carboxylic acids is 1. The SMILES string of the molecule is CCCN(CC(=O)NCCOC)C1CC2CCC(C1)N2. The van der Waals surface area contributed by atoms with Gasteiger partial charge in [-0.2, -0.15) is 0 Å². The zero-order chi connectivity index (χ0) is 14.4. The monoisotopic (exact) mass is 283 g/mol. The third kappa shape index (κ3) is 4.43. The number of methoxy groups -OCH3 is 1. The molecule has 0 aromatic heterocycles. The predicted molar refractivity (Wildman–Crippen MR) is 79.7 cm³/mol. The number of nitrogens with zero attached hydrogens (tertiary/aromatic N) is 1. The minimum absolute atomic E-state index is 0.126. The molecule has 2 rings (SSSR count). The lowest BCUT2D eigenvalue weighted by molar-refractivity contribution is -0.123. The van der Waals surface area contributed by atoms with Crippen molar-refractivity contribution in [2.75, 3.05) is 33.4 Å². The second-order valence-electron chi connectivity index (χ2n) is 6.08. The fourth-order valence-electron chi connectivity index (χ4n) is 3.54. The van der Waals surface area contributed by atoms with Crippen LogP contribution in [0.4, 0.5) is 0 Å². The van der Waals surface area contributed by atoms with Gasteiger partial charge in [-0.15, -0.1) is 0 Å². The van der Waals surface area contributed by atoms with E-state index in [0.717, 1.165) is 13.0 Å². The van der Waals surface area contributed by atoms with Crippen molar-refractivity contribution in [2.24, 2.45) is 0 Å². The Morgan fingerprint density at radius 1 is 1.35 bits per heavy atom. The largest absolute Gasteiger partial charge is 0.383 e. The molecule has 2 aliphatic rings. The lowest BCUT2D eigenvalue weighted by Crippen LogP contribution is -2.51. The molecule has 5 heteroatoms. The van der Waals surface area contributed by atoms with Gasteiger partial charge in [0.05, 0.1) is 13.2 Å². The van der Waals surface area contributed by atoms with Crippen LogP contribution in [-0.2, 0) is 9.53 Å². The van der Waals surface area contributed by atoms with Gasteiger partial charge in [-0.3, -0.25) is 9.69 Å². The first-order valence-electron chi connectivity index (χ1n) is 7.98. The van der Waals surface area contributed by atoms with Gasteiger partial charge in [-0.25, -0.2) is 0 Å². The Balaban J connectivity index is 1.81. The lowest BCUT2D eigenvalue weighted by atomic mass is 9.98. The van der Waals surface area contributed by atoms with E-state index >= 15 is 0 Å². The molecule has 0 aliphatic carbocycles. The van der Waals surface area contributed by atoms with E-state index in [9.17, 15) is 4.79 Å². The van der Waals surface area contributed by atoms with Crippen LogP contribution < -0.4 is 10.6 Å². The van der Waals surface area contributed by atoms with Gasteiger partial charge in [0.25, 0.3) is 0 Å². The van der Waals surface area contributed by atoms with Gasteiger partial charge in [0.15, 0.2) is 0 Å². The van der Waals surface area contributed by atoms with Crippen molar-refractivity contribution in [2.45, 2.75) is 57.2 Å². The summed E-state index contributed by atoms with van der Waals surface area (Å²) in [7, 11) is 1.65. The summed E-state index contributed by atoms with van der Waals surface area (Å²) in [6.07, 6.45) is 6.11. The van der Waals surface area contributed by atoms with Crippen molar-refractivity contribution < 1.29 is 9.53 Å². The number of hydrogen-bond donors (Lipinski definition) is 2. The molecule has 2 fully saturated rings. The molecule has 2 heterocycles. The van der Waals surface area contributed by atoms with Crippen molar-refractivity contribution >= 4 is 5.91 Å². The number of fused-ring (bicyclic) bond motifs is 2. The molecule has 2 saturated heterocycles. The molecule has 20 heavy (non-hydrogen) atoms. The van der Waals surface area contributed by atoms with E-state index in [1.165, 1.54) is 25.7 Å². The molecule has 2 bridgehead atoms. The summed E-state index contributed by atoms with van der Waals surface area (Å²) in [5, 5.41) is 6.60. The Kier molecular flexibility index (Phi) is 6.26. The molecule has 1 amide bonds. The molecule has 2 atom stereocenters. The van der Waals surface area contributed by atoms with Crippen LogP contribution in [0.1, 0.15) is 39.0 Å². The highest BCUT2D eigenvalue weighted by atomic mass is 16.5. The van der Waals surface area contributed by atoms with Crippen LogP contribution >= 0.6 is 0 Å². The maximum atomic E-state index is 12.0. The summed E-state index contributed by atoms with van der Waals surface area (Å²) in [6, 6.07) is 1.92. The van der Waals surface area contributed by atoms with Gasteiger partial charge >= 0.3 is 0 Å². The predicted octanol–water partition coefficient (Wildman–Crippen LogP) is 0.744. The van der Waals surface area contributed by atoms with E-state index < -0.39 is 0 Å². The van der Waals surface area contributed by atoms with E-state index in [0.29, 0.717) is 37.8 Å². The van der Waals surface area contributed by atoms with E-state index in [4.69, 9.17) is 4.74 Å². The van der Waals surface area contributed by atoms with Crippen LogP contribution in [-0.4, -0.2) is 62.3 Å². The van der Waals surface area contributed by atoms with Crippen molar-refractivity contribution in [1.82, 2.24) is 15.5 Å². The van der Waals surface area contributed by atoms with Crippen LogP contribution in [0.5, 0.6) is 0 Å². The number of hydrogen-bond acceptors (Lipinski definition) is 4. The molecule has 0 aromatic rings. The lowest BCUT2D eigenvalue weighted by Gasteiger charge is -2.37. The maximum Gasteiger partial charge on any atom is 0.234 e. The zero-order valence-corrected chi connectivity index (χ0v) is 12.9. The van der Waals surface area contributed by atoms with Crippen molar-refractivity contribution in [3.05, 3.63) is 0 Å². The third-order valence-electron chi connectivity index (χ3n) is 4.45. The average molecular weight is 283 g/mol. The number of amides is 1. The van der Waals surface area contributed by atoms with Gasteiger partial charge in [0, 0.05) is 31.8 Å². The molecule has 0 spiro atoms. The highest BCUT2D eigenvalue weighted by Gasteiger charge is 2.36. The summed E-state index contributed by atoms with van der Waals surface area (Å²) < 4.78 is 4.96. The van der Waals surface area contributed by atoms with Crippen LogP contribution in [0.25, 0.3) is 0 Å². The van der Waals surface area contributed by atoms with Gasteiger partial charge in [0.1, 0.15) is 0 Å². The fourth-order valence-corrected chi connectivity index (χ4v) is 3.54. The van der Waals surface area contributed by atoms with E-state index in [2.05, 4.69) is 22.5 Å². The van der Waals surface area contributed by atoms with E-state index in [-0.39, 0.29) is 5.91 Å². The highest BCUT2D eigenvalue weighted by molar-refractivity contribution is 5.78. The third-order valence-corrected chi connectivity index (χ3v) is 4.45. The second-order valence-corrected chi connectivity index (χ2v) is 6.08. The van der Waals surface area contributed by atoms with Crippen LogP contribution in [0.2, 0.25) is 0 Å². The quantitative estimate of drug-likeness (QED) is 0.645. The zero-order valence-electron chi connectivity index (χ0n) is 12.9. The molecule has 5 nitrogen and oxygen atoms in total. The number of rotatable bonds is 8. The van der Waals surface area contributed by atoms with Crippen LogP contribution in [0.3, 0.4) is 0 Å². The van der Waals surface area contributed by atoms with Gasteiger partial charge in [-0.1, -0.05) is 6.92 Å². The fraction of sp³-hybridized carbons (Fsp3) is 0.933. The van der Waals surface area contributed by atoms with E-state index in [1.54, 1.807) is 7.11 Å². The first kappa shape index (κ1) is 15.7. The smallest absolute Gasteiger partial charge is 0.234 e. The summed E-state index contributed by atoms with van der Waals surface area (Å²) in [6.45, 7) is 4.92. The van der Waals surface area contributed by atoms with Gasteiger partial charge in [-0.05, 0) is 38.6 Å². The summed E-state index contributed by atoms with van der Waals surface area (Å²) in [5.74, 6) is 0.126. The molecular weight excluding hydrogens is 254 g/mol. The topological polar surface area (TPSA) is 53.6 Å². The summed E-state index contributed by atoms with van der Waals surface area (Å²) in [5.41, 5.74) is 0. The maximum absolute atomic E-state index is 12.0. The molecule has 2 aliphatic heterocycles. The van der Waals surface area contributed by atoms with Crippen molar-refractivity contribution in [3.63, 3.8) is 0 Å². The minimum Gasteiger partial charge on any atom is -0.383 e. The normalized spacial score (nSPS) is 28.9. The summed E-state index contributed by atoms with van der Waals surface area (Å²) in [4.78, 5) is 14.4. The number of ether oxygens (including phenoxy) is 1. The Morgan fingerprint density at radius 2 is 2.05 bits per heavy atom. The Hall–Kier alpha value is -0.650. The molecule has 0 radical (unpaired) electrons. The summed E-state index contributed by atoms with van der Waals surface area (Å²) >= 11 is 0. The highest BCUT2D eigenvalue weighted by Crippen LogP contribution is 2.29. The van der Waals surface area contributed by atoms with Gasteiger partial charge in [0.2, 0.25) is 5.91 Å². The molecule has 2 unspecified atom stereocenters. The molecule has 0 aromatic carbocycles. The Bertz CT molecular complexity index is 299. The van der Waals surface area contributed by atoms with E-state index in [1.807, 2.05) is 0 Å². The number of nitrogens with one attached hydrogen (secondary N) is 2. The molecule has 2 N–H and O–H groups in total. The van der Waals surface area contributed by atoms with Gasteiger partial charge < -0.3 is 15.4 Å². The van der Waals surface area contributed by atoms with Crippen molar-refractivity contribution in [3.8, 4) is 0 Å². The first-order chi connectivity index (χ1) is 9.72. The first-order valence-corrected chi connectivity index (χ1v) is 7.98. The average Bonchev–Trinajstić information content (AvgIpc) is 2.77. The van der Waals surface area contributed by atoms with Crippen molar-refractivity contribution in [1.29, 1.82) is 0 Å². The van der Waals surface area contributed by atoms with Crippen LogP contribution in [0, 0.1) is 0 Å². The molecule has 116 valence electrons.